The zero-order valence-electron chi connectivity index (χ0n) is 11.1. The van der Waals surface area contributed by atoms with E-state index in [1.807, 2.05) is 6.92 Å². The first-order chi connectivity index (χ1) is 9.97. The standard InChI is InChI=1S/C15H12Cl3NO2/c1-9-11(17)3-2-4-13(9)19-15(20)8-21-14-6-5-10(16)7-12(14)18/h2-7H,8H2,1H3,(H,19,20). The van der Waals surface area contributed by atoms with Gasteiger partial charge in [-0.15, -0.1) is 0 Å². The van der Waals surface area contributed by atoms with E-state index in [9.17, 15) is 4.79 Å². The molecule has 0 spiro atoms. The predicted octanol–water partition coefficient (Wildman–Crippen LogP) is 4.97. The SMILES string of the molecule is Cc1c(Cl)cccc1NC(=O)COc1ccc(Cl)cc1Cl. The van der Waals surface area contributed by atoms with Crippen molar-refractivity contribution >= 4 is 46.4 Å². The molecule has 0 fully saturated rings. The topological polar surface area (TPSA) is 38.3 Å². The molecule has 0 heterocycles. The van der Waals surface area contributed by atoms with Crippen LogP contribution in [0.25, 0.3) is 0 Å². The molecule has 0 aliphatic carbocycles. The van der Waals surface area contributed by atoms with Crippen LogP contribution >= 0.6 is 34.8 Å². The third-order valence-electron chi connectivity index (χ3n) is 2.79. The van der Waals surface area contributed by atoms with Crippen molar-refractivity contribution in [2.45, 2.75) is 6.92 Å². The number of rotatable bonds is 4. The number of nitrogens with one attached hydrogen (secondary N) is 1. The fourth-order valence-electron chi connectivity index (χ4n) is 1.66. The molecule has 2 aromatic carbocycles. The van der Waals surface area contributed by atoms with Crippen LogP contribution in [0.5, 0.6) is 5.75 Å². The number of anilines is 1. The molecule has 0 bridgehead atoms. The minimum atomic E-state index is -0.300. The smallest absolute Gasteiger partial charge is 0.262 e. The van der Waals surface area contributed by atoms with E-state index in [0.29, 0.717) is 26.5 Å². The summed E-state index contributed by atoms with van der Waals surface area (Å²) >= 11 is 17.7. The minimum Gasteiger partial charge on any atom is -0.482 e. The summed E-state index contributed by atoms with van der Waals surface area (Å²) in [5.74, 6) is 0.102. The van der Waals surface area contributed by atoms with Crippen molar-refractivity contribution in [3.05, 3.63) is 57.0 Å². The second kappa shape index (κ2) is 7.03. The summed E-state index contributed by atoms with van der Waals surface area (Å²) in [5.41, 5.74) is 1.45. The zero-order valence-corrected chi connectivity index (χ0v) is 13.4. The first kappa shape index (κ1) is 16.0. The van der Waals surface area contributed by atoms with Crippen molar-refractivity contribution in [2.24, 2.45) is 0 Å². The maximum atomic E-state index is 11.9. The first-order valence-corrected chi connectivity index (χ1v) is 7.23. The highest BCUT2D eigenvalue weighted by Gasteiger charge is 2.09. The third-order valence-corrected chi connectivity index (χ3v) is 3.73. The molecule has 0 atom stereocenters. The minimum absolute atomic E-state index is 0.159. The Bertz CT molecular complexity index is 674. The second-order valence-electron chi connectivity index (χ2n) is 4.32. The molecule has 0 saturated heterocycles. The number of amides is 1. The van der Waals surface area contributed by atoms with E-state index in [2.05, 4.69) is 5.32 Å². The van der Waals surface area contributed by atoms with Gasteiger partial charge in [0.1, 0.15) is 5.75 Å². The lowest BCUT2D eigenvalue weighted by molar-refractivity contribution is -0.118. The van der Waals surface area contributed by atoms with Gasteiger partial charge in [-0.3, -0.25) is 4.79 Å². The fourth-order valence-corrected chi connectivity index (χ4v) is 2.30. The Hall–Kier alpha value is -1.42. The van der Waals surface area contributed by atoms with Crippen LogP contribution in [0.2, 0.25) is 15.1 Å². The lowest BCUT2D eigenvalue weighted by atomic mass is 10.2. The molecule has 21 heavy (non-hydrogen) atoms. The quantitative estimate of drug-likeness (QED) is 0.850. The molecule has 1 N–H and O–H groups in total. The van der Waals surface area contributed by atoms with Crippen molar-refractivity contribution in [3.63, 3.8) is 0 Å². The highest BCUT2D eigenvalue weighted by atomic mass is 35.5. The Morgan fingerprint density at radius 1 is 1.14 bits per heavy atom. The average Bonchev–Trinajstić information content (AvgIpc) is 2.43. The summed E-state index contributed by atoms with van der Waals surface area (Å²) in [6.07, 6.45) is 0. The van der Waals surface area contributed by atoms with Gasteiger partial charge >= 0.3 is 0 Å². The van der Waals surface area contributed by atoms with Crippen molar-refractivity contribution in [1.82, 2.24) is 0 Å². The van der Waals surface area contributed by atoms with Crippen LogP contribution in [0.3, 0.4) is 0 Å². The Labute approximate surface area is 137 Å². The number of benzene rings is 2. The van der Waals surface area contributed by atoms with Gasteiger partial charge in [0.15, 0.2) is 6.61 Å². The van der Waals surface area contributed by atoms with Crippen molar-refractivity contribution in [3.8, 4) is 5.75 Å². The maximum absolute atomic E-state index is 11.9. The molecule has 0 aliphatic heterocycles. The number of carbonyl (C=O) groups excluding carboxylic acids is 1. The number of carbonyl (C=O) groups is 1. The van der Waals surface area contributed by atoms with Crippen LogP contribution < -0.4 is 10.1 Å². The molecular formula is C15H12Cl3NO2. The van der Waals surface area contributed by atoms with E-state index in [1.54, 1.807) is 36.4 Å². The Morgan fingerprint density at radius 3 is 2.62 bits per heavy atom. The van der Waals surface area contributed by atoms with Crippen LogP contribution in [-0.4, -0.2) is 12.5 Å². The number of halogens is 3. The molecular weight excluding hydrogens is 333 g/mol. The molecule has 0 radical (unpaired) electrons. The summed E-state index contributed by atoms with van der Waals surface area (Å²) in [7, 11) is 0. The van der Waals surface area contributed by atoms with Crippen molar-refractivity contribution in [1.29, 1.82) is 0 Å². The summed E-state index contributed by atoms with van der Waals surface area (Å²) < 4.78 is 5.36. The van der Waals surface area contributed by atoms with Crippen LogP contribution in [0.1, 0.15) is 5.56 Å². The molecule has 2 rings (SSSR count). The number of hydrogen-bond donors (Lipinski definition) is 1. The van der Waals surface area contributed by atoms with Gasteiger partial charge < -0.3 is 10.1 Å². The summed E-state index contributed by atoms with van der Waals surface area (Å²) in [5, 5.41) is 4.19. The fraction of sp³-hybridized carbons (Fsp3) is 0.133. The van der Waals surface area contributed by atoms with Crippen LogP contribution in [0, 0.1) is 6.92 Å². The molecule has 0 unspecified atom stereocenters. The molecule has 0 aliphatic rings. The van der Waals surface area contributed by atoms with Crippen molar-refractivity contribution < 1.29 is 9.53 Å². The van der Waals surface area contributed by atoms with Gasteiger partial charge in [-0.2, -0.15) is 0 Å². The van der Waals surface area contributed by atoms with E-state index >= 15 is 0 Å². The molecule has 3 nitrogen and oxygen atoms in total. The highest BCUT2D eigenvalue weighted by molar-refractivity contribution is 6.35. The van der Waals surface area contributed by atoms with Crippen molar-refractivity contribution in [2.75, 3.05) is 11.9 Å². The van der Waals surface area contributed by atoms with Gasteiger partial charge in [0.05, 0.1) is 5.02 Å². The largest absolute Gasteiger partial charge is 0.482 e. The normalized spacial score (nSPS) is 10.3. The van der Waals surface area contributed by atoms with E-state index < -0.39 is 0 Å². The van der Waals surface area contributed by atoms with Gasteiger partial charge in [0.2, 0.25) is 0 Å². The average molecular weight is 345 g/mol. The van der Waals surface area contributed by atoms with Crippen LogP contribution in [-0.2, 0) is 4.79 Å². The molecule has 110 valence electrons. The van der Waals surface area contributed by atoms with Crippen LogP contribution in [0.4, 0.5) is 5.69 Å². The van der Waals surface area contributed by atoms with E-state index in [-0.39, 0.29) is 12.5 Å². The van der Waals surface area contributed by atoms with Gasteiger partial charge in [0, 0.05) is 15.7 Å². The first-order valence-electron chi connectivity index (χ1n) is 6.10. The van der Waals surface area contributed by atoms with Gasteiger partial charge in [-0.05, 0) is 42.8 Å². The number of hydrogen-bond acceptors (Lipinski definition) is 2. The summed E-state index contributed by atoms with van der Waals surface area (Å²) in [4.78, 5) is 11.9. The lowest BCUT2D eigenvalue weighted by Gasteiger charge is -2.11. The molecule has 0 saturated carbocycles. The Kier molecular flexibility index (Phi) is 5.34. The molecule has 6 heteroatoms. The van der Waals surface area contributed by atoms with E-state index in [4.69, 9.17) is 39.5 Å². The molecule has 1 amide bonds. The summed E-state index contributed by atoms with van der Waals surface area (Å²) in [6.45, 7) is 1.67. The predicted molar refractivity (Wildman–Crippen MR) is 86.8 cm³/mol. The summed E-state index contributed by atoms with van der Waals surface area (Å²) in [6, 6.07) is 10.1. The molecule has 0 aromatic heterocycles. The van der Waals surface area contributed by atoms with Gasteiger partial charge in [-0.25, -0.2) is 0 Å². The third kappa shape index (κ3) is 4.27. The molecule has 2 aromatic rings. The lowest BCUT2D eigenvalue weighted by Crippen LogP contribution is -2.20. The van der Waals surface area contributed by atoms with E-state index in [1.165, 1.54) is 0 Å². The second-order valence-corrected chi connectivity index (χ2v) is 5.57. The van der Waals surface area contributed by atoms with Crippen LogP contribution in [0.15, 0.2) is 36.4 Å². The zero-order chi connectivity index (χ0) is 15.4. The van der Waals surface area contributed by atoms with Gasteiger partial charge in [0.25, 0.3) is 5.91 Å². The maximum Gasteiger partial charge on any atom is 0.262 e. The Morgan fingerprint density at radius 2 is 1.90 bits per heavy atom. The van der Waals surface area contributed by atoms with E-state index in [0.717, 1.165) is 5.56 Å². The highest BCUT2D eigenvalue weighted by Crippen LogP contribution is 2.27. The number of ether oxygens (including phenoxy) is 1. The van der Waals surface area contributed by atoms with Gasteiger partial charge in [-0.1, -0.05) is 40.9 Å². The Balaban J connectivity index is 1.97. The monoisotopic (exact) mass is 343 g/mol.